The second-order valence-corrected chi connectivity index (χ2v) is 5.30. The number of pyridine rings is 1. The number of benzene rings is 1. The van der Waals surface area contributed by atoms with Crippen molar-refractivity contribution in [3.05, 3.63) is 63.8 Å². The SMILES string of the molecule is CCc1ncc2cc(C(=O)Nc3cccc(C(=O)O)c3)c(=O)[nH]c2n1. The van der Waals surface area contributed by atoms with Crippen molar-refractivity contribution >= 4 is 28.6 Å². The second-order valence-electron chi connectivity index (χ2n) is 5.30. The highest BCUT2D eigenvalue weighted by Gasteiger charge is 2.14. The Hall–Kier alpha value is -3.55. The van der Waals surface area contributed by atoms with Crippen LogP contribution >= 0.6 is 0 Å². The molecule has 3 aromatic rings. The molecule has 1 amide bonds. The molecule has 0 unspecified atom stereocenters. The molecule has 0 saturated heterocycles. The van der Waals surface area contributed by atoms with Gasteiger partial charge in [0.25, 0.3) is 11.5 Å². The monoisotopic (exact) mass is 338 g/mol. The molecule has 0 saturated carbocycles. The van der Waals surface area contributed by atoms with Crippen LogP contribution in [-0.2, 0) is 6.42 Å². The van der Waals surface area contributed by atoms with E-state index in [0.29, 0.717) is 23.3 Å². The third kappa shape index (κ3) is 3.37. The van der Waals surface area contributed by atoms with Gasteiger partial charge in [-0.1, -0.05) is 13.0 Å². The number of amides is 1. The maximum Gasteiger partial charge on any atom is 0.335 e. The first-order valence-electron chi connectivity index (χ1n) is 7.51. The first kappa shape index (κ1) is 16.3. The number of nitrogens with zero attached hydrogens (tertiary/aromatic N) is 2. The van der Waals surface area contributed by atoms with Crippen molar-refractivity contribution in [2.45, 2.75) is 13.3 Å². The van der Waals surface area contributed by atoms with Crippen LogP contribution in [0, 0.1) is 0 Å². The van der Waals surface area contributed by atoms with Crippen LogP contribution in [0.1, 0.15) is 33.5 Å². The number of carbonyl (C=O) groups is 2. The summed E-state index contributed by atoms with van der Waals surface area (Å²) in [6.45, 7) is 1.90. The number of hydrogen-bond acceptors (Lipinski definition) is 5. The summed E-state index contributed by atoms with van der Waals surface area (Å²) in [6, 6.07) is 7.17. The fraction of sp³-hybridized carbons (Fsp3) is 0.118. The van der Waals surface area contributed by atoms with Gasteiger partial charge >= 0.3 is 5.97 Å². The van der Waals surface area contributed by atoms with Crippen molar-refractivity contribution in [2.24, 2.45) is 0 Å². The first-order chi connectivity index (χ1) is 12.0. The van der Waals surface area contributed by atoms with E-state index in [2.05, 4.69) is 20.3 Å². The smallest absolute Gasteiger partial charge is 0.335 e. The van der Waals surface area contributed by atoms with E-state index in [1.807, 2.05) is 6.92 Å². The van der Waals surface area contributed by atoms with E-state index in [0.717, 1.165) is 0 Å². The minimum absolute atomic E-state index is 0.0331. The number of fused-ring (bicyclic) bond motifs is 1. The first-order valence-corrected chi connectivity index (χ1v) is 7.51. The molecule has 8 heteroatoms. The molecule has 0 bridgehead atoms. The van der Waals surface area contributed by atoms with Crippen LogP contribution in [0.5, 0.6) is 0 Å². The Morgan fingerprint density at radius 2 is 2.08 bits per heavy atom. The molecular weight excluding hydrogens is 324 g/mol. The van der Waals surface area contributed by atoms with Crippen molar-refractivity contribution in [1.82, 2.24) is 15.0 Å². The third-order valence-electron chi connectivity index (χ3n) is 3.57. The van der Waals surface area contributed by atoms with Gasteiger partial charge < -0.3 is 15.4 Å². The lowest BCUT2D eigenvalue weighted by molar-refractivity contribution is 0.0696. The van der Waals surface area contributed by atoms with Crippen LogP contribution in [0.2, 0.25) is 0 Å². The maximum atomic E-state index is 12.4. The summed E-state index contributed by atoms with van der Waals surface area (Å²) >= 11 is 0. The molecule has 0 spiro atoms. The fourth-order valence-corrected chi connectivity index (χ4v) is 2.30. The summed E-state index contributed by atoms with van der Waals surface area (Å²) in [5.74, 6) is -1.17. The zero-order chi connectivity index (χ0) is 18.0. The summed E-state index contributed by atoms with van der Waals surface area (Å²) in [6.07, 6.45) is 2.17. The zero-order valence-electron chi connectivity index (χ0n) is 13.2. The van der Waals surface area contributed by atoms with E-state index < -0.39 is 17.4 Å². The minimum atomic E-state index is -1.11. The number of carboxylic acid groups (broad SMARTS) is 1. The Labute approximate surface area is 141 Å². The number of carboxylic acids is 1. The Kier molecular flexibility index (Phi) is 4.25. The molecule has 0 aliphatic heterocycles. The van der Waals surface area contributed by atoms with Crippen molar-refractivity contribution in [3.63, 3.8) is 0 Å². The van der Waals surface area contributed by atoms with Gasteiger partial charge in [-0.25, -0.2) is 14.8 Å². The number of nitrogens with one attached hydrogen (secondary N) is 2. The Bertz CT molecular complexity index is 1040. The number of rotatable bonds is 4. The summed E-state index contributed by atoms with van der Waals surface area (Å²) < 4.78 is 0. The molecule has 0 aliphatic rings. The van der Waals surface area contributed by atoms with E-state index in [1.54, 1.807) is 6.20 Å². The van der Waals surface area contributed by atoms with Gasteiger partial charge in [-0.05, 0) is 24.3 Å². The van der Waals surface area contributed by atoms with E-state index in [-0.39, 0.29) is 16.8 Å². The van der Waals surface area contributed by atoms with Gasteiger partial charge in [0, 0.05) is 23.7 Å². The standard InChI is InChI=1S/C17H14N4O4/c1-2-13-18-8-10-7-12(16(23)21-14(10)20-13)15(22)19-11-5-3-4-9(6-11)17(24)25/h3-8H,2H2,1H3,(H,19,22)(H,24,25)(H,18,20,21,23). The second kappa shape index (κ2) is 6.52. The molecule has 126 valence electrons. The van der Waals surface area contributed by atoms with Crippen molar-refractivity contribution in [2.75, 3.05) is 5.32 Å². The van der Waals surface area contributed by atoms with Gasteiger partial charge in [0.05, 0.1) is 5.56 Å². The molecule has 2 aromatic heterocycles. The van der Waals surface area contributed by atoms with E-state index in [1.165, 1.54) is 30.3 Å². The molecule has 0 radical (unpaired) electrons. The number of H-pyrrole nitrogens is 1. The molecule has 1 aromatic carbocycles. The Morgan fingerprint density at radius 3 is 2.80 bits per heavy atom. The summed E-state index contributed by atoms with van der Waals surface area (Å²) in [7, 11) is 0. The molecular formula is C17H14N4O4. The fourth-order valence-electron chi connectivity index (χ4n) is 2.30. The highest BCUT2D eigenvalue weighted by molar-refractivity contribution is 6.05. The maximum absolute atomic E-state index is 12.4. The van der Waals surface area contributed by atoms with Crippen LogP contribution in [0.3, 0.4) is 0 Å². The minimum Gasteiger partial charge on any atom is -0.478 e. The average Bonchev–Trinajstić information content (AvgIpc) is 2.60. The van der Waals surface area contributed by atoms with Crippen LogP contribution in [0.25, 0.3) is 11.0 Å². The van der Waals surface area contributed by atoms with Gasteiger partial charge in [0.15, 0.2) is 0 Å². The lowest BCUT2D eigenvalue weighted by atomic mass is 10.2. The van der Waals surface area contributed by atoms with E-state index >= 15 is 0 Å². The number of carbonyl (C=O) groups excluding carboxylic acids is 1. The van der Waals surface area contributed by atoms with Gasteiger partial charge in [-0.3, -0.25) is 9.59 Å². The van der Waals surface area contributed by atoms with E-state index in [4.69, 9.17) is 5.11 Å². The molecule has 8 nitrogen and oxygen atoms in total. The predicted molar refractivity (Wildman–Crippen MR) is 90.9 cm³/mol. The number of hydrogen-bond donors (Lipinski definition) is 3. The van der Waals surface area contributed by atoms with Crippen LogP contribution in [0.15, 0.2) is 41.3 Å². The zero-order valence-corrected chi connectivity index (χ0v) is 13.2. The summed E-state index contributed by atoms with van der Waals surface area (Å²) in [5.41, 5.74) is -0.0183. The van der Waals surface area contributed by atoms with Gasteiger partial charge in [-0.2, -0.15) is 0 Å². The van der Waals surface area contributed by atoms with Crippen molar-refractivity contribution in [1.29, 1.82) is 0 Å². The Balaban J connectivity index is 1.94. The number of anilines is 1. The van der Waals surface area contributed by atoms with E-state index in [9.17, 15) is 14.4 Å². The molecule has 2 heterocycles. The quantitative estimate of drug-likeness (QED) is 0.666. The lowest BCUT2D eigenvalue weighted by Gasteiger charge is -2.07. The topological polar surface area (TPSA) is 125 Å². The van der Waals surface area contributed by atoms with Crippen LogP contribution in [-0.4, -0.2) is 31.9 Å². The van der Waals surface area contributed by atoms with Crippen LogP contribution in [0.4, 0.5) is 5.69 Å². The van der Waals surface area contributed by atoms with Gasteiger partial charge in [-0.15, -0.1) is 0 Å². The number of aromatic amines is 1. The summed E-state index contributed by atoms with van der Waals surface area (Å²) in [4.78, 5) is 46.4. The molecule has 3 N–H and O–H groups in total. The van der Waals surface area contributed by atoms with Gasteiger partial charge in [0.1, 0.15) is 17.0 Å². The highest BCUT2D eigenvalue weighted by Crippen LogP contribution is 2.13. The number of aromatic carboxylic acids is 1. The summed E-state index contributed by atoms with van der Waals surface area (Å²) in [5, 5.41) is 12.0. The molecule has 0 atom stereocenters. The normalized spacial score (nSPS) is 10.6. The Morgan fingerprint density at radius 1 is 1.28 bits per heavy atom. The molecule has 3 rings (SSSR count). The molecule has 0 aliphatic carbocycles. The van der Waals surface area contributed by atoms with Crippen molar-refractivity contribution < 1.29 is 14.7 Å². The predicted octanol–water partition coefficient (Wildman–Crippen LogP) is 1.83. The molecule has 0 fully saturated rings. The van der Waals surface area contributed by atoms with Gasteiger partial charge in [0.2, 0.25) is 0 Å². The average molecular weight is 338 g/mol. The largest absolute Gasteiger partial charge is 0.478 e. The van der Waals surface area contributed by atoms with Crippen molar-refractivity contribution in [3.8, 4) is 0 Å². The third-order valence-corrected chi connectivity index (χ3v) is 3.57. The lowest BCUT2D eigenvalue weighted by Crippen LogP contribution is -2.23. The number of aryl methyl sites for hydroxylation is 1. The van der Waals surface area contributed by atoms with Crippen LogP contribution < -0.4 is 10.9 Å². The number of aromatic nitrogens is 3. The highest BCUT2D eigenvalue weighted by atomic mass is 16.4. The molecule has 25 heavy (non-hydrogen) atoms.